The van der Waals surface area contributed by atoms with Crippen molar-refractivity contribution < 1.29 is 18.8 Å². The molecule has 0 aliphatic carbocycles. The first-order valence-corrected chi connectivity index (χ1v) is 10.5. The Balaban J connectivity index is 1.46. The van der Waals surface area contributed by atoms with Crippen LogP contribution in [0.4, 0.5) is 5.69 Å². The molecule has 0 saturated carbocycles. The minimum Gasteiger partial charge on any atom is -0.497 e. The van der Waals surface area contributed by atoms with E-state index in [4.69, 9.17) is 14.0 Å². The maximum absolute atomic E-state index is 12.3. The van der Waals surface area contributed by atoms with Gasteiger partial charge in [0.25, 0.3) is 0 Å². The number of ether oxygens (including phenoxy) is 2. The molecule has 1 aromatic heterocycles. The number of likely N-dealkylation sites (N-methyl/N-ethyl adjacent to an activating group) is 1. The average molecular weight is 429 g/mol. The molecule has 1 heterocycles. The number of hydrogen-bond donors (Lipinski definition) is 1. The molecule has 30 heavy (non-hydrogen) atoms. The standard InChI is InChI=1S/C21H24N4O4S/c1-25(12-20(26)22-17-6-4-5-7-18(17)30-3)13-21-23-19(24-29-21)14-28-16-10-8-15(27-2)9-11-16/h4-11H,12-14H2,1-3H3,(H,22,26). The lowest BCUT2D eigenvalue weighted by atomic mass is 10.3. The number of aromatic nitrogens is 2. The summed E-state index contributed by atoms with van der Waals surface area (Å²) in [4.78, 5) is 19.5. The molecule has 0 saturated heterocycles. The second kappa shape index (κ2) is 10.7. The molecule has 1 N–H and O–H groups in total. The molecule has 0 fully saturated rings. The average Bonchev–Trinajstić information content (AvgIpc) is 3.20. The number of hydrogen-bond acceptors (Lipinski definition) is 8. The molecule has 0 bridgehead atoms. The van der Waals surface area contributed by atoms with Crippen LogP contribution >= 0.6 is 11.8 Å². The van der Waals surface area contributed by atoms with Crippen LogP contribution in [-0.4, -0.2) is 47.9 Å². The van der Waals surface area contributed by atoms with Crippen molar-refractivity contribution in [3.05, 3.63) is 60.2 Å². The van der Waals surface area contributed by atoms with Crippen molar-refractivity contribution in [2.24, 2.45) is 0 Å². The first-order valence-electron chi connectivity index (χ1n) is 9.27. The first-order chi connectivity index (χ1) is 14.6. The molecule has 2 aromatic carbocycles. The topological polar surface area (TPSA) is 89.7 Å². The third-order valence-corrected chi connectivity index (χ3v) is 4.93. The summed E-state index contributed by atoms with van der Waals surface area (Å²) in [6.45, 7) is 0.738. The smallest absolute Gasteiger partial charge is 0.240 e. The third kappa shape index (κ3) is 6.23. The molecule has 3 aromatic rings. The van der Waals surface area contributed by atoms with Crippen molar-refractivity contribution >= 4 is 23.4 Å². The molecule has 0 spiro atoms. The van der Waals surface area contributed by atoms with Crippen LogP contribution in [0.15, 0.2) is 57.9 Å². The van der Waals surface area contributed by atoms with E-state index in [1.165, 1.54) is 0 Å². The van der Waals surface area contributed by atoms with Gasteiger partial charge < -0.3 is 19.3 Å². The lowest BCUT2D eigenvalue weighted by Gasteiger charge is -2.15. The van der Waals surface area contributed by atoms with E-state index in [9.17, 15) is 4.79 Å². The number of benzene rings is 2. The molecular formula is C21H24N4O4S. The lowest BCUT2D eigenvalue weighted by molar-refractivity contribution is -0.117. The summed E-state index contributed by atoms with van der Waals surface area (Å²) in [7, 11) is 3.43. The van der Waals surface area contributed by atoms with Crippen LogP contribution in [-0.2, 0) is 17.9 Å². The van der Waals surface area contributed by atoms with Crippen molar-refractivity contribution in [2.45, 2.75) is 18.0 Å². The SMILES string of the molecule is COc1ccc(OCc2noc(CN(C)CC(=O)Nc3ccccc3SC)n2)cc1. The van der Waals surface area contributed by atoms with Gasteiger partial charge in [-0.2, -0.15) is 4.98 Å². The summed E-state index contributed by atoms with van der Waals surface area (Å²) >= 11 is 1.59. The second-order valence-corrected chi connectivity index (χ2v) is 7.34. The zero-order chi connectivity index (χ0) is 21.3. The van der Waals surface area contributed by atoms with Gasteiger partial charge in [-0.15, -0.1) is 11.8 Å². The predicted molar refractivity (Wildman–Crippen MR) is 115 cm³/mol. The highest BCUT2D eigenvalue weighted by Crippen LogP contribution is 2.24. The quantitative estimate of drug-likeness (QED) is 0.491. The van der Waals surface area contributed by atoms with Gasteiger partial charge >= 0.3 is 0 Å². The normalized spacial score (nSPS) is 10.8. The van der Waals surface area contributed by atoms with Crippen molar-refractivity contribution in [1.29, 1.82) is 0 Å². The molecule has 0 aliphatic rings. The zero-order valence-corrected chi connectivity index (χ0v) is 17.9. The first kappa shape index (κ1) is 21.7. The van der Waals surface area contributed by atoms with Crippen LogP contribution in [0.3, 0.4) is 0 Å². The van der Waals surface area contributed by atoms with Crippen LogP contribution in [0.25, 0.3) is 0 Å². The fraction of sp³-hybridized carbons (Fsp3) is 0.286. The van der Waals surface area contributed by atoms with Crippen molar-refractivity contribution in [1.82, 2.24) is 15.0 Å². The van der Waals surface area contributed by atoms with Gasteiger partial charge in [-0.3, -0.25) is 9.69 Å². The Kier molecular flexibility index (Phi) is 7.69. The van der Waals surface area contributed by atoms with Gasteiger partial charge in [0.2, 0.25) is 17.6 Å². The Morgan fingerprint density at radius 3 is 2.63 bits per heavy atom. The predicted octanol–water partition coefficient (Wildman–Crippen LogP) is 3.45. The molecule has 1 amide bonds. The van der Waals surface area contributed by atoms with E-state index in [0.717, 1.165) is 16.3 Å². The van der Waals surface area contributed by atoms with Gasteiger partial charge in [0, 0.05) is 4.90 Å². The van der Waals surface area contributed by atoms with E-state index in [2.05, 4.69) is 15.5 Å². The molecule has 8 nitrogen and oxygen atoms in total. The molecule has 9 heteroatoms. The van der Waals surface area contributed by atoms with Gasteiger partial charge in [0.1, 0.15) is 11.5 Å². The van der Waals surface area contributed by atoms with E-state index in [1.54, 1.807) is 35.9 Å². The molecular weight excluding hydrogens is 404 g/mol. The van der Waals surface area contributed by atoms with Gasteiger partial charge in [0.15, 0.2) is 6.61 Å². The van der Waals surface area contributed by atoms with Crippen LogP contribution in [0.1, 0.15) is 11.7 Å². The molecule has 0 aliphatic heterocycles. The van der Waals surface area contributed by atoms with Gasteiger partial charge in [-0.25, -0.2) is 0 Å². The minimum absolute atomic E-state index is 0.110. The fourth-order valence-corrected chi connectivity index (χ4v) is 3.26. The molecule has 3 rings (SSSR count). The second-order valence-electron chi connectivity index (χ2n) is 6.49. The van der Waals surface area contributed by atoms with Gasteiger partial charge in [-0.1, -0.05) is 17.3 Å². The largest absolute Gasteiger partial charge is 0.497 e. The summed E-state index contributed by atoms with van der Waals surface area (Å²) in [6.07, 6.45) is 1.97. The number of para-hydroxylation sites is 1. The molecule has 158 valence electrons. The molecule has 0 atom stereocenters. The fourth-order valence-electron chi connectivity index (χ4n) is 2.70. The van der Waals surface area contributed by atoms with Gasteiger partial charge in [-0.05, 0) is 49.7 Å². The Morgan fingerprint density at radius 1 is 1.17 bits per heavy atom. The number of anilines is 1. The van der Waals surface area contributed by atoms with E-state index in [0.29, 0.717) is 24.0 Å². The Bertz CT molecular complexity index is 962. The van der Waals surface area contributed by atoms with Crippen LogP contribution in [0, 0.1) is 0 Å². The van der Waals surface area contributed by atoms with Crippen LogP contribution in [0.5, 0.6) is 11.5 Å². The molecule has 0 unspecified atom stereocenters. The third-order valence-electron chi connectivity index (χ3n) is 4.14. The van der Waals surface area contributed by atoms with Crippen molar-refractivity contribution in [3.63, 3.8) is 0 Å². The van der Waals surface area contributed by atoms with Crippen molar-refractivity contribution in [2.75, 3.05) is 32.3 Å². The number of thioether (sulfide) groups is 1. The van der Waals surface area contributed by atoms with E-state index >= 15 is 0 Å². The summed E-state index contributed by atoms with van der Waals surface area (Å²) in [5.41, 5.74) is 0.805. The van der Waals surface area contributed by atoms with E-state index in [1.807, 2.05) is 49.7 Å². The van der Waals surface area contributed by atoms with E-state index in [-0.39, 0.29) is 19.1 Å². The lowest BCUT2D eigenvalue weighted by Crippen LogP contribution is -2.30. The van der Waals surface area contributed by atoms with Gasteiger partial charge in [0.05, 0.1) is 25.9 Å². The number of nitrogens with one attached hydrogen (secondary N) is 1. The van der Waals surface area contributed by atoms with E-state index < -0.39 is 0 Å². The van der Waals surface area contributed by atoms with Crippen LogP contribution in [0.2, 0.25) is 0 Å². The summed E-state index contributed by atoms with van der Waals surface area (Å²) in [5, 5.41) is 6.85. The number of carbonyl (C=O) groups is 1. The monoisotopic (exact) mass is 428 g/mol. The number of carbonyl (C=O) groups excluding carboxylic acids is 1. The van der Waals surface area contributed by atoms with Crippen LogP contribution < -0.4 is 14.8 Å². The highest BCUT2D eigenvalue weighted by atomic mass is 32.2. The summed E-state index contributed by atoms with van der Waals surface area (Å²) in [5.74, 6) is 2.19. The summed E-state index contributed by atoms with van der Waals surface area (Å²) < 4.78 is 16.0. The highest BCUT2D eigenvalue weighted by molar-refractivity contribution is 7.98. The Morgan fingerprint density at radius 2 is 1.90 bits per heavy atom. The number of rotatable bonds is 10. The Labute approximate surface area is 179 Å². The minimum atomic E-state index is -0.110. The number of nitrogens with zero attached hydrogens (tertiary/aromatic N) is 3. The summed E-state index contributed by atoms with van der Waals surface area (Å²) in [6, 6.07) is 14.9. The van der Waals surface area contributed by atoms with Crippen molar-refractivity contribution in [3.8, 4) is 11.5 Å². The maximum atomic E-state index is 12.3. The highest BCUT2D eigenvalue weighted by Gasteiger charge is 2.13. The maximum Gasteiger partial charge on any atom is 0.240 e. The zero-order valence-electron chi connectivity index (χ0n) is 17.1. The number of methoxy groups -OCH3 is 1. The number of amides is 1. The molecule has 0 radical (unpaired) electrons. The Hall–Kier alpha value is -3.04.